The van der Waals surface area contributed by atoms with Gasteiger partial charge >= 0.3 is 6.09 Å². The number of fused-ring (bicyclic) bond motifs is 1. The van der Waals surface area contributed by atoms with E-state index in [4.69, 9.17) is 9.47 Å². The molecule has 1 fully saturated rings. The number of halogens is 1. The zero-order valence-corrected chi connectivity index (χ0v) is 20.4. The molecular formula is C27H35FN2O4. The topological polar surface area (TPSA) is 67.9 Å². The lowest BCUT2D eigenvalue weighted by Gasteiger charge is -2.35. The van der Waals surface area contributed by atoms with Gasteiger partial charge in [0.15, 0.2) is 0 Å². The van der Waals surface area contributed by atoms with E-state index < -0.39 is 5.60 Å². The van der Waals surface area contributed by atoms with Gasteiger partial charge in [0.05, 0.1) is 24.8 Å². The number of benzene rings is 2. The fraction of sp³-hybridized carbons (Fsp3) is 0.481. The van der Waals surface area contributed by atoms with Crippen molar-refractivity contribution in [3.63, 3.8) is 0 Å². The van der Waals surface area contributed by atoms with Crippen molar-refractivity contribution in [2.75, 3.05) is 13.2 Å². The maximum atomic E-state index is 13.0. The predicted octanol–water partition coefficient (Wildman–Crippen LogP) is 5.01. The molecule has 0 aromatic heterocycles. The van der Waals surface area contributed by atoms with E-state index in [0.29, 0.717) is 19.3 Å². The minimum Gasteiger partial charge on any atom is -0.444 e. The molecular weight excluding hydrogens is 435 g/mol. The van der Waals surface area contributed by atoms with Crippen LogP contribution in [0.2, 0.25) is 0 Å². The Hall–Kier alpha value is -2.93. The fourth-order valence-electron chi connectivity index (χ4n) is 4.19. The summed E-state index contributed by atoms with van der Waals surface area (Å²) in [6.45, 7) is 8.89. The third kappa shape index (κ3) is 7.29. The normalized spacial score (nSPS) is 22.0. The molecule has 0 bridgehead atoms. The highest BCUT2D eigenvalue weighted by molar-refractivity contribution is 5.68. The van der Waals surface area contributed by atoms with Crippen LogP contribution in [0.5, 0.6) is 0 Å². The summed E-state index contributed by atoms with van der Waals surface area (Å²) in [7, 11) is 0. The van der Waals surface area contributed by atoms with Gasteiger partial charge in [0.1, 0.15) is 11.4 Å². The van der Waals surface area contributed by atoms with E-state index >= 15 is 0 Å². The van der Waals surface area contributed by atoms with Gasteiger partial charge in [-0.2, -0.15) is 0 Å². The summed E-state index contributed by atoms with van der Waals surface area (Å²) < 4.78 is 23.7. The lowest BCUT2D eigenvalue weighted by atomic mass is 9.88. The van der Waals surface area contributed by atoms with Gasteiger partial charge in [-0.25, -0.2) is 9.18 Å². The van der Waals surface area contributed by atoms with Crippen molar-refractivity contribution in [2.45, 2.75) is 70.7 Å². The summed E-state index contributed by atoms with van der Waals surface area (Å²) in [5, 5.41) is 2.81. The lowest BCUT2D eigenvalue weighted by Crippen LogP contribution is -2.44. The van der Waals surface area contributed by atoms with E-state index in [1.54, 1.807) is 17.0 Å². The van der Waals surface area contributed by atoms with Crippen molar-refractivity contribution in [1.82, 2.24) is 10.2 Å². The van der Waals surface area contributed by atoms with Crippen LogP contribution in [0.15, 0.2) is 48.5 Å². The molecule has 7 heteroatoms. The van der Waals surface area contributed by atoms with E-state index in [9.17, 15) is 14.0 Å². The summed E-state index contributed by atoms with van der Waals surface area (Å²) in [4.78, 5) is 24.5. The molecule has 4 rings (SSSR count). The molecule has 1 N–H and O–H groups in total. The number of hydrogen-bond acceptors (Lipinski definition) is 4. The molecule has 184 valence electrons. The highest BCUT2D eigenvalue weighted by atomic mass is 19.1. The maximum absolute atomic E-state index is 13.0. The molecule has 0 saturated carbocycles. The Morgan fingerprint density at radius 3 is 2.47 bits per heavy atom. The van der Waals surface area contributed by atoms with Crippen LogP contribution in [0.1, 0.15) is 63.3 Å². The summed E-state index contributed by atoms with van der Waals surface area (Å²) in [6, 6.07) is 14.5. The van der Waals surface area contributed by atoms with E-state index in [1.807, 2.05) is 45.9 Å². The molecule has 2 aromatic carbocycles. The Balaban J connectivity index is 0.000000197. The smallest absolute Gasteiger partial charge is 0.407 e. The molecule has 34 heavy (non-hydrogen) atoms. The Kier molecular flexibility index (Phi) is 8.67. The average molecular weight is 471 g/mol. The highest BCUT2D eigenvalue weighted by Gasteiger charge is 2.27. The van der Waals surface area contributed by atoms with Crippen LogP contribution in [-0.2, 0) is 20.7 Å². The van der Waals surface area contributed by atoms with E-state index in [1.165, 1.54) is 17.7 Å². The van der Waals surface area contributed by atoms with Crippen LogP contribution in [0, 0.1) is 5.82 Å². The van der Waals surface area contributed by atoms with Gasteiger partial charge < -0.3 is 19.7 Å². The molecule has 2 aromatic rings. The zero-order chi connectivity index (χ0) is 24.7. The van der Waals surface area contributed by atoms with Crippen LogP contribution in [0.3, 0.4) is 0 Å². The van der Waals surface area contributed by atoms with Crippen LogP contribution < -0.4 is 5.32 Å². The minimum absolute atomic E-state index is 0.0936. The number of carbonyl (C=O) groups is 2. The Morgan fingerprint density at radius 2 is 1.85 bits per heavy atom. The van der Waals surface area contributed by atoms with Gasteiger partial charge in [-0.3, -0.25) is 4.79 Å². The largest absolute Gasteiger partial charge is 0.444 e. The standard InChI is InChI=1S/C16H14FNO.C11H21NO3/c17-14-7-5-13(6-8-14)16-15-4-2-1-3-12(15)9-10-18(16)11-19;1-8-5-6-9(7-14-8)12-10(13)15-11(2,3)4/h1-8,11,16H,9-10H2;8-9H,5-7H2,1-4H3,(H,12,13)/t16-;8-,9?/m01/s1. The monoisotopic (exact) mass is 470 g/mol. The summed E-state index contributed by atoms with van der Waals surface area (Å²) in [6.07, 6.45) is 3.64. The number of nitrogens with one attached hydrogen (secondary N) is 1. The number of carbonyl (C=O) groups excluding carboxylic acids is 2. The molecule has 0 spiro atoms. The predicted molar refractivity (Wildman–Crippen MR) is 129 cm³/mol. The Labute approximate surface area is 201 Å². The number of hydrogen-bond donors (Lipinski definition) is 1. The van der Waals surface area contributed by atoms with Crippen LogP contribution in [-0.4, -0.2) is 48.3 Å². The molecule has 1 unspecified atom stereocenters. The van der Waals surface area contributed by atoms with Crippen molar-refractivity contribution in [2.24, 2.45) is 0 Å². The van der Waals surface area contributed by atoms with Crippen LogP contribution >= 0.6 is 0 Å². The van der Waals surface area contributed by atoms with Gasteiger partial charge in [0.2, 0.25) is 6.41 Å². The van der Waals surface area contributed by atoms with Gasteiger partial charge in [-0.05, 0) is 75.8 Å². The van der Waals surface area contributed by atoms with E-state index in [-0.39, 0.29) is 24.0 Å². The molecule has 2 aliphatic rings. The fourth-order valence-corrected chi connectivity index (χ4v) is 4.19. The second-order valence-corrected chi connectivity index (χ2v) is 9.81. The summed E-state index contributed by atoms with van der Waals surface area (Å²) in [5.41, 5.74) is 2.90. The van der Waals surface area contributed by atoms with Crippen LogP contribution in [0.4, 0.5) is 9.18 Å². The highest BCUT2D eigenvalue weighted by Crippen LogP contribution is 2.34. The van der Waals surface area contributed by atoms with E-state index in [2.05, 4.69) is 11.4 Å². The number of rotatable bonds is 3. The van der Waals surface area contributed by atoms with Crippen molar-refractivity contribution >= 4 is 12.5 Å². The number of nitrogens with zero attached hydrogens (tertiary/aromatic N) is 1. The van der Waals surface area contributed by atoms with Crippen molar-refractivity contribution < 1.29 is 23.5 Å². The molecule has 6 nitrogen and oxygen atoms in total. The van der Waals surface area contributed by atoms with Crippen LogP contribution in [0.25, 0.3) is 0 Å². The number of ether oxygens (including phenoxy) is 2. The zero-order valence-electron chi connectivity index (χ0n) is 20.4. The van der Waals surface area contributed by atoms with E-state index in [0.717, 1.165) is 36.8 Å². The SMILES string of the molecule is C[C@@H]1CCC(NC(=O)OC(C)(C)C)CO1.O=CN1CCc2ccccc2[C@@H]1c1ccc(F)cc1. The lowest BCUT2D eigenvalue weighted by molar-refractivity contribution is -0.119. The quantitative estimate of drug-likeness (QED) is 0.641. The Morgan fingerprint density at radius 1 is 1.15 bits per heavy atom. The molecule has 0 aliphatic carbocycles. The summed E-state index contributed by atoms with van der Waals surface area (Å²) in [5.74, 6) is -0.259. The Bertz CT molecular complexity index is 950. The molecule has 2 aliphatic heterocycles. The molecule has 2 amide bonds. The third-order valence-electron chi connectivity index (χ3n) is 5.87. The van der Waals surface area contributed by atoms with Crippen molar-refractivity contribution in [1.29, 1.82) is 0 Å². The van der Waals surface area contributed by atoms with Crippen molar-refractivity contribution in [3.05, 3.63) is 71.0 Å². The molecule has 1 saturated heterocycles. The van der Waals surface area contributed by atoms with Gasteiger partial charge in [0, 0.05) is 6.54 Å². The maximum Gasteiger partial charge on any atom is 0.407 e. The summed E-state index contributed by atoms with van der Waals surface area (Å²) >= 11 is 0. The average Bonchev–Trinajstić information content (AvgIpc) is 2.80. The number of alkyl carbamates (subject to hydrolysis) is 1. The first-order valence-electron chi connectivity index (χ1n) is 11.8. The third-order valence-corrected chi connectivity index (χ3v) is 5.87. The minimum atomic E-state index is -0.438. The molecule has 0 radical (unpaired) electrons. The number of amides is 2. The van der Waals surface area contributed by atoms with Gasteiger partial charge in [0.25, 0.3) is 0 Å². The first-order valence-corrected chi connectivity index (χ1v) is 11.8. The van der Waals surface area contributed by atoms with Crippen molar-refractivity contribution in [3.8, 4) is 0 Å². The second-order valence-electron chi connectivity index (χ2n) is 9.81. The molecule has 2 heterocycles. The second kappa shape index (κ2) is 11.5. The van der Waals surface area contributed by atoms with Gasteiger partial charge in [-0.1, -0.05) is 36.4 Å². The van der Waals surface area contributed by atoms with Gasteiger partial charge in [-0.15, -0.1) is 0 Å². The first-order chi connectivity index (χ1) is 16.2. The molecule has 3 atom stereocenters. The first kappa shape index (κ1) is 25.7.